The number of hydrogen-bond donors (Lipinski definition) is 2. The van der Waals surface area contributed by atoms with Crippen LogP contribution in [0.4, 0.5) is 0 Å². The molecule has 0 spiro atoms. The van der Waals surface area contributed by atoms with Crippen molar-refractivity contribution in [1.82, 2.24) is 15.3 Å². The van der Waals surface area contributed by atoms with Gasteiger partial charge >= 0.3 is 0 Å². The van der Waals surface area contributed by atoms with Crippen LogP contribution in [0.2, 0.25) is 0 Å². The van der Waals surface area contributed by atoms with E-state index in [2.05, 4.69) is 70.7 Å². The molecule has 5 aromatic rings. The van der Waals surface area contributed by atoms with Crippen LogP contribution in [0.5, 0.6) is 5.75 Å². The highest BCUT2D eigenvalue weighted by molar-refractivity contribution is 6.01. The number of aryl methyl sites for hydroxylation is 3. The van der Waals surface area contributed by atoms with Crippen molar-refractivity contribution in [1.29, 1.82) is 0 Å². The third-order valence-corrected chi connectivity index (χ3v) is 7.76. The Morgan fingerprint density at radius 1 is 0.841 bits per heavy atom. The summed E-state index contributed by atoms with van der Waals surface area (Å²) < 4.78 is 8.09. The standard InChI is InChI=1S/C37H38N4O3/c1-25-12-10-17-30(20-25)23-41-28(4)32(31-18-8-9-19-34(31)41)22-38-40-37(43)33(21-29-15-6-5-7-16-29)39-35(42)24-44-36-26(2)13-11-14-27(36)3/h5-20,22,33H,21,23-24H2,1-4H3,(H,39,42)(H,40,43)/b38-22-/t33-/m1/s1. The summed E-state index contributed by atoms with van der Waals surface area (Å²) in [6.07, 6.45) is 2.00. The maximum atomic E-state index is 13.4. The van der Waals surface area contributed by atoms with Gasteiger partial charge in [0.05, 0.1) is 6.21 Å². The van der Waals surface area contributed by atoms with Crippen LogP contribution in [0.1, 0.15) is 39.1 Å². The molecule has 0 saturated carbocycles. The molecule has 2 amide bonds. The highest BCUT2D eigenvalue weighted by Gasteiger charge is 2.22. The Labute approximate surface area is 258 Å². The van der Waals surface area contributed by atoms with Gasteiger partial charge in [0.15, 0.2) is 6.61 Å². The Balaban J connectivity index is 1.32. The summed E-state index contributed by atoms with van der Waals surface area (Å²) in [6, 6.07) is 31.2. The highest BCUT2D eigenvalue weighted by Crippen LogP contribution is 2.26. The Kier molecular flexibility index (Phi) is 9.55. The van der Waals surface area contributed by atoms with Gasteiger partial charge < -0.3 is 14.6 Å². The molecule has 0 aliphatic carbocycles. The lowest BCUT2D eigenvalue weighted by molar-refractivity contribution is -0.130. The highest BCUT2D eigenvalue weighted by atomic mass is 16.5. The van der Waals surface area contributed by atoms with Crippen LogP contribution in [0.25, 0.3) is 10.9 Å². The van der Waals surface area contributed by atoms with Crippen LogP contribution in [0.15, 0.2) is 102 Å². The summed E-state index contributed by atoms with van der Waals surface area (Å²) in [5.74, 6) is -0.123. The molecule has 5 rings (SSSR count). The molecule has 7 heteroatoms. The van der Waals surface area contributed by atoms with Gasteiger partial charge in [0.1, 0.15) is 11.8 Å². The average Bonchev–Trinajstić information content (AvgIpc) is 3.27. The zero-order valence-corrected chi connectivity index (χ0v) is 25.6. The second-order valence-electron chi connectivity index (χ2n) is 11.1. The molecule has 224 valence electrons. The molecule has 1 aromatic heterocycles. The number of hydrogen-bond acceptors (Lipinski definition) is 4. The van der Waals surface area contributed by atoms with Gasteiger partial charge in [-0.2, -0.15) is 5.10 Å². The van der Waals surface area contributed by atoms with Crippen molar-refractivity contribution in [2.45, 2.75) is 46.7 Å². The van der Waals surface area contributed by atoms with Gasteiger partial charge in [0.2, 0.25) is 0 Å². The molecule has 44 heavy (non-hydrogen) atoms. The number of amides is 2. The van der Waals surface area contributed by atoms with Gasteiger partial charge in [0, 0.05) is 35.1 Å². The lowest BCUT2D eigenvalue weighted by atomic mass is 10.1. The van der Waals surface area contributed by atoms with E-state index in [0.717, 1.165) is 45.4 Å². The fourth-order valence-electron chi connectivity index (χ4n) is 5.52. The van der Waals surface area contributed by atoms with E-state index in [1.54, 1.807) is 6.21 Å². The number of carbonyl (C=O) groups is 2. The number of benzene rings is 4. The molecule has 0 bridgehead atoms. The SMILES string of the molecule is Cc1cccc(Cn2c(C)c(/C=N\NC(=O)[C@@H](Cc3ccccc3)NC(=O)COc3c(C)cccc3C)c3ccccc32)c1. The molecule has 7 nitrogen and oxygen atoms in total. The third-order valence-electron chi connectivity index (χ3n) is 7.76. The minimum absolute atomic E-state index is 0.201. The largest absolute Gasteiger partial charge is 0.483 e. The zero-order valence-electron chi connectivity index (χ0n) is 25.6. The second kappa shape index (κ2) is 13.9. The maximum Gasteiger partial charge on any atom is 0.262 e. The predicted octanol–water partition coefficient (Wildman–Crippen LogP) is 6.18. The predicted molar refractivity (Wildman–Crippen MR) is 176 cm³/mol. The van der Waals surface area contributed by atoms with Crippen molar-refractivity contribution in [3.63, 3.8) is 0 Å². The topological polar surface area (TPSA) is 84.7 Å². The zero-order chi connectivity index (χ0) is 31.1. The molecule has 0 aliphatic rings. The minimum Gasteiger partial charge on any atom is -0.483 e. The molecule has 0 aliphatic heterocycles. The number of fused-ring (bicyclic) bond motifs is 1. The molecule has 0 saturated heterocycles. The number of ether oxygens (including phenoxy) is 1. The fraction of sp³-hybridized carbons (Fsp3) is 0.216. The summed E-state index contributed by atoms with van der Waals surface area (Å²) in [5, 5.41) is 8.25. The van der Waals surface area contributed by atoms with E-state index in [0.29, 0.717) is 12.2 Å². The monoisotopic (exact) mass is 586 g/mol. The number of nitrogens with zero attached hydrogens (tertiary/aromatic N) is 2. The molecule has 1 heterocycles. The molecular formula is C37H38N4O3. The Bertz CT molecular complexity index is 1790. The third kappa shape index (κ3) is 7.24. The van der Waals surface area contributed by atoms with Gasteiger partial charge in [-0.25, -0.2) is 5.43 Å². The van der Waals surface area contributed by atoms with Crippen LogP contribution in [-0.4, -0.2) is 35.2 Å². The van der Waals surface area contributed by atoms with Crippen molar-refractivity contribution >= 4 is 28.9 Å². The molecule has 1 atom stereocenters. The number of hydrazone groups is 1. The van der Waals surface area contributed by atoms with E-state index in [1.165, 1.54) is 11.1 Å². The van der Waals surface area contributed by atoms with Crippen molar-refractivity contribution < 1.29 is 14.3 Å². The van der Waals surface area contributed by atoms with Crippen LogP contribution in [0, 0.1) is 27.7 Å². The quantitative estimate of drug-likeness (QED) is 0.143. The molecule has 0 unspecified atom stereocenters. The van der Waals surface area contributed by atoms with Gasteiger partial charge in [-0.3, -0.25) is 9.59 Å². The number of aromatic nitrogens is 1. The summed E-state index contributed by atoms with van der Waals surface area (Å²) in [5.41, 5.74) is 11.0. The van der Waals surface area contributed by atoms with Gasteiger partial charge in [-0.15, -0.1) is 0 Å². The van der Waals surface area contributed by atoms with Crippen molar-refractivity contribution in [2.24, 2.45) is 5.10 Å². The molecule has 2 N–H and O–H groups in total. The van der Waals surface area contributed by atoms with Gasteiger partial charge in [0.25, 0.3) is 11.8 Å². The fourth-order valence-corrected chi connectivity index (χ4v) is 5.52. The molecule has 0 fully saturated rings. The van der Waals surface area contributed by atoms with Gasteiger partial charge in [-0.05, 0) is 56.0 Å². The Morgan fingerprint density at radius 3 is 2.27 bits per heavy atom. The number of carbonyl (C=O) groups excluding carboxylic acids is 2. The summed E-state index contributed by atoms with van der Waals surface area (Å²) in [4.78, 5) is 26.3. The molecule has 4 aromatic carbocycles. The van der Waals surface area contributed by atoms with Crippen LogP contribution in [-0.2, 0) is 22.6 Å². The van der Waals surface area contributed by atoms with E-state index in [9.17, 15) is 9.59 Å². The van der Waals surface area contributed by atoms with Crippen molar-refractivity contribution in [2.75, 3.05) is 6.61 Å². The first-order valence-electron chi connectivity index (χ1n) is 14.8. The first kappa shape index (κ1) is 30.3. The lowest BCUT2D eigenvalue weighted by Crippen LogP contribution is -2.48. The second-order valence-corrected chi connectivity index (χ2v) is 11.1. The van der Waals surface area contributed by atoms with E-state index < -0.39 is 11.9 Å². The van der Waals surface area contributed by atoms with Crippen LogP contribution < -0.4 is 15.5 Å². The number of nitrogens with one attached hydrogen (secondary N) is 2. The van der Waals surface area contributed by atoms with Gasteiger partial charge in [-0.1, -0.05) is 96.6 Å². The first-order chi connectivity index (χ1) is 21.3. The van der Waals surface area contributed by atoms with Crippen LogP contribution in [0.3, 0.4) is 0 Å². The summed E-state index contributed by atoms with van der Waals surface area (Å²) in [6.45, 7) is 8.55. The number of rotatable bonds is 11. The van der Waals surface area contributed by atoms with E-state index >= 15 is 0 Å². The van der Waals surface area contributed by atoms with Crippen molar-refractivity contribution in [3.8, 4) is 5.75 Å². The Morgan fingerprint density at radius 2 is 1.52 bits per heavy atom. The van der Waals surface area contributed by atoms with E-state index in [1.807, 2.05) is 74.5 Å². The summed E-state index contributed by atoms with van der Waals surface area (Å²) >= 11 is 0. The molecular weight excluding hydrogens is 548 g/mol. The first-order valence-corrected chi connectivity index (χ1v) is 14.8. The molecule has 0 radical (unpaired) electrons. The van der Waals surface area contributed by atoms with Crippen molar-refractivity contribution in [3.05, 3.63) is 136 Å². The number of para-hydroxylation sites is 2. The maximum absolute atomic E-state index is 13.4. The Hall–Kier alpha value is -5.17. The van der Waals surface area contributed by atoms with E-state index in [-0.39, 0.29) is 12.5 Å². The smallest absolute Gasteiger partial charge is 0.262 e. The minimum atomic E-state index is -0.840. The summed E-state index contributed by atoms with van der Waals surface area (Å²) in [7, 11) is 0. The van der Waals surface area contributed by atoms with Crippen LogP contribution >= 0.6 is 0 Å². The normalized spacial score (nSPS) is 11.9. The lowest BCUT2D eigenvalue weighted by Gasteiger charge is -2.18. The average molecular weight is 587 g/mol. The van der Waals surface area contributed by atoms with E-state index in [4.69, 9.17) is 4.74 Å².